The Morgan fingerprint density at radius 2 is 2.07 bits per heavy atom. The van der Waals surface area contributed by atoms with Crippen LogP contribution in [0.15, 0.2) is 24.3 Å². The van der Waals surface area contributed by atoms with Crippen LogP contribution in [0, 0.1) is 0 Å². The lowest BCUT2D eigenvalue weighted by Gasteiger charge is -2.06. The maximum atomic E-state index is 12.9. The van der Waals surface area contributed by atoms with Crippen LogP contribution >= 0.6 is 0 Å². The van der Waals surface area contributed by atoms with Crippen LogP contribution < -0.4 is 5.73 Å². The maximum Gasteiger partial charge on any atom is 0.113 e. The van der Waals surface area contributed by atoms with E-state index < -0.39 is 6.17 Å². The molecule has 1 rings (SSSR count). The molecule has 0 aliphatic heterocycles. The molecule has 14 heavy (non-hydrogen) atoms. The van der Waals surface area contributed by atoms with Crippen molar-refractivity contribution in [1.29, 1.82) is 0 Å². The van der Waals surface area contributed by atoms with Gasteiger partial charge in [0.15, 0.2) is 0 Å². The molecule has 0 bridgehead atoms. The van der Waals surface area contributed by atoms with E-state index in [0.29, 0.717) is 6.42 Å². The van der Waals surface area contributed by atoms with E-state index >= 15 is 0 Å². The SMILES string of the molecule is CCc1cccc(CCC(F)CN)c1. The van der Waals surface area contributed by atoms with Gasteiger partial charge in [-0.3, -0.25) is 0 Å². The Morgan fingerprint density at radius 1 is 1.36 bits per heavy atom. The highest BCUT2D eigenvalue weighted by Gasteiger charge is 2.03. The number of aryl methyl sites for hydroxylation is 2. The summed E-state index contributed by atoms with van der Waals surface area (Å²) < 4.78 is 12.9. The van der Waals surface area contributed by atoms with Crippen molar-refractivity contribution in [3.8, 4) is 0 Å². The van der Waals surface area contributed by atoms with Crippen molar-refractivity contribution in [2.24, 2.45) is 5.73 Å². The first-order chi connectivity index (χ1) is 6.76. The van der Waals surface area contributed by atoms with Crippen molar-refractivity contribution in [2.45, 2.75) is 32.4 Å². The van der Waals surface area contributed by atoms with Gasteiger partial charge in [-0.1, -0.05) is 31.2 Å². The van der Waals surface area contributed by atoms with E-state index in [1.807, 2.05) is 12.1 Å². The van der Waals surface area contributed by atoms with Gasteiger partial charge >= 0.3 is 0 Å². The van der Waals surface area contributed by atoms with Crippen LogP contribution in [0.25, 0.3) is 0 Å². The summed E-state index contributed by atoms with van der Waals surface area (Å²) in [4.78, 5) is 0. The first-order valence-electron chi connectivity index (χ1n) is 5.18. The lowest BCUT2D eigenvalue weighted by Crippen LogP contribution is -2.15. The summed E-state index contributed by atoms with van der Waals surface area (Å²) in [5.74, 6) is 0. The molecule has 0 spiro atoms. The zero-order valence-electron chi connectivity index (χ0n) is 8.67. The van der Waals surface area contributed by atoms with Gasteiger partial charge in [-0.05, 0) is 30.4 Å². The zero-order valence-corrected chi connectivity index (χ0v) is 8.67. The van der Waals surface area contributed by atoms with Crippen molar-refractivity contribution in [3.05, 3.63) is 35.4 Å². The zero-order chi connectivity index (χ0) is 10.4. The van der Waals surface area contributed by atoms with Gasteiger partial charge < -0.3 is 5.73 Å². The Kier molecular flexibility index (Phi) is 4.60. The van der Waals surface area contributed by atoms with Gasteiger partial charge in [-0.25, -0.2) is 4.39 Å². The number of alkyl halides is 1. The Hall–Kier alpha value is -0.890. The number of hydrogen-bond donors (Lipinski definition) is 1. The smallest absolute Gasteiger partial charge is 0.113 e. The van der Waals surface area contributed by atoms with Crippen LogP contribution in [0.4, 0.5) is 4.39 Å². The number of benzene rings is 1. The van der Waals surface area contributed by atoms with E-state index in [1.165, 1.54) is 11.1 Å². The third-order valence-corrected chi connectivity index (χ3v) is 2.40. The Morgan fingerprint density at radius 3 is 2.71 bits per heavy atom. The van der Waals surface area contributed by atoms with Gasteiger partial charge in [0.1, 0.15) is 6.17 Å². The summed E-state index contributed by atoms with van der Waals surface area (Å²) in [6.07, 6.45) is 1.49. The lowest BCUT2D eigenvalue weighted by atomic mass is 10.0. The summed E-state index contributed by atoms with van der Waals surface area (Å²) in [6.45, 7) is 2.25. The second-order valence-electron chi connectivity index (χ2n) is 3.55. The van der Waals surface area contributed by atoms with Gasteiger partial charge in [0.25, 0.3) is 0 Å². The Balaban J connectivity index is 2.50. The molecule has 1 nitrogen and oxygen atoms in total. The molecule has 1 atom stereocenters. The second kappa shape index (κ2) is 5.76. The molecule has 1 aromatic rings. The fourth-order valence-corrected chi connectivity index (χ4v) is 1.45. The third-order valence-electron chi connectivity index (χ3n) is 2.40. The molecule has 1 unspecified atom stereocenters. The maximum absolute atomic E-state index is 12.9. The predicted octanol–water partition coefficient (Wildman–Crippen LogP) is 2.48. The molecule has 0 saturated heterocycles. The molecule has 0 fully saturated rings. The fraction of sp³-hybridized carbons (Fsp3) is 0.500. The van der Waals surface area contributed by atoms with E-state index in [4.69, 9.17) is 5.73 Å². The topological polar surface area (TPSA) is 26.0 Å². The molecule has 2 heteroatoms. The molecule has 0 aliphatic rings. The lowest BCUT2D eigenvalue weighted by molar-refractivity contribution is 0.323. The van der Waals surface area contributed by atoms with E-state index in [1.54, 1.807) is 0 Å². The predicted molar refractivity (Wildman–Crippen MR) is 58.1 cm³/mol. The van der Waals surface area contributed by atoms with Gasteiger partial charge in [-0.15, -0.1) is 0 Å². The summed E-state index contributed by atoms with van der Waals surface area (Å²) in [6, 6.07) is 8.31. The monoisotopic (exact) mass is 195 g/mol. The molecule has 1 aromatic carbocycles. The molecular formula is C12H18FN. The van der Waals surface area contributed by atoms with Crippen molar-refractivity contribution in [1.82, 2.24) is 0 Å². The van der Waals surface area contributed by atoms with Crippen LogP contribution in [0.3, 0.4) is 0 Å². The normalized spacial score (nSPS) is 12.8. The first kappa shape index (κ1) is 11.2. The molecule has 0 saturated carbocycles. The standard InChI is InChI=1S/C12H18FN/c1-2-10-4-3-5-11(8-10)6-7-12(13)9-14/h3-5,8,12H,2,6-7,9,14H2,1H3. The minimum absolute atomic E-state index is 0.132. The molecule has 78 valence electrons. The summed E-state index contributed by atoms with van der Waals surface area (Å²) >= 11 is 0. The molecule has 0 aliphatic carbocycles. The highest BCUT2D eigenvalue weighted by atomic mass is 19.1. The molecule has 0 amide bonds. The number of rotatable bonds is 5. The van der Waals surface area contributed by atoms with E-state index in [2.05, 4.69) is 19.1 Å². The van der Waals surface area contributed by atoms with Crippen molar-refractivity contribution in [3.63, 3.8) is 0 Å². The molecule has 0 heterocycles. The fourth-order valence-electron chi connectivity index (χ4n) is 1.45. The van der Waals surface area contributed by atoms with Crippen LogP contribution in [-0.4, -0.2) is 12.7 Å². The largest absolute Gasteiger partial charge is 0.328 e. The molecular weight excluding hydrogens is 177 g/mol. The Labute approximate surface area is 85.1 Å². The van der Waals surface area contributed by atoms with Gasteiger partial charge in [-0.2, -0.15) is 0 Å². The van der Waals surface area contributed by atoms with Crippen molar-refractivity contribution < 1.29 is 4.39 Å². The number of hydrogen-bond acceptors (Lipinski definition) is 1. The Bertz CT molecular complexity index is 273. The number of halogens is 1. The third kappa shape index (κ3) is 3.46. The van der Waals surface area contributed by atoms with Gasteiger partial charge in [0.2, 0.25) is 0 Å². The van der Waals surface area contributed by atoms with Crippen LogP contribution in [0.2, 0.25) is 0 Å². The average Bonchev–Trinajstić information content (AvgIpc) is 2.26. The molecule has 0 aromatic heterocycles. The van der Waals surface area contributed by atoms with Gasteiger partial charge in [0.05, 0.1) is 0 Å². The first-order valence-corrected chi connectivity index (χ1v) is 5.18. The number of nitrogens with two attached hydrogens (primary N) is 1. The van der Waals surface area contributed by atoms with Crippen LogP contribution in [0.1, 0.15) is 24.5 Å². The van der Waals surface area contributed by atoms with E-state index in [-0.39, 0.29) is 6.54 Å². The van der Waals surface area contributed by atoms with Crippen molar-refractivity contribution >= 4 is 0 Å². The molecule has 2 N–H and O–H groups in total. The van der Waals surface area contributed by atoms with E-state index in [9.17, 15) is 4.39 Å². The highest BCUT2D eigenvalue weighted by Crippen LogP contribution is 2.10. The second-order valence-corrected chi connectivity index (χ2v) is 3.55. The summed E-state index contributed by atoms with van der Waals surface area (Å²) in [5, 5.41) is 0. The van der Waals surface area contributed by atoms with Crippen LogP contribution in [-0.2, 0) is 12.8 Å². The van der Waals surface area contributed by atoms with Crippen LogP contribution in [0.5, 0.6) is 0 Å². The van der Waals surface area contributed by atoms with Gasteiger partial charge in [0, 0.05) is 6.54 Å². The summed E-state index contributed by atoms with van der Waals surface area (Å²) in [5.41, 5.74) is 7.74. The van der Waals surface area contributed by atoms with Crippen molar-refractivity contribution in [2.75, 3.05) is 6.54 Å². The minimum atomic E-state index is -0.861. The minimum Gasteiger partial charge on any atom is -0.328 e. The quantitative estimate of drug-likeness (QED) is 0.767. The summed E-state index contributed by atoms with van der Waals surface area (Å²) in [7, 11) is 0. The average molecular weight is 195 g/mol. The van der Waals surface area contributed by atoms with E-state index in [0.717, 1.165) is 12.8 Å². The highest BCUT2D eigenvalue weighted by molar-refractivity contribution is 5.23. The molecule has 0 radical (unpaired) electrons.